The Bertz CT molecular complexity index is 114. The van der Waals surface area contributed by atoms with E-state index in [4.69, 9.17) is 4.74 Å². The van der Waals surface area contributed by atoms with Gasteiger partial charge in [-0.15, -0.1) is 6.58 Å². The predicted molar refractivity (Wildman–Crippen MR) is 53.4 cm³/mol. The van der Waals surface area contributed by atoms with Crippen LogP contribution in [0.2, 0.25) is 0 Å². The van der Waals surface area contributed by atoms with E-state index in [0.717, 1.165) is 26.1 Å². The molecule has 0 aliphatic carbocycles. The first kappa shape index (κ1) is 11.7. The monoisotopic (exact) mass is 171 g/mol. The molecular formula is C10H21NO. The summed E-state index contributed by atoms with van der Waals surface area (Å²) in [4.78, 5) is 2.25. The Hall–Kier alpha value is -0.340. The molecule has 0 amide bonds. The van der Waals surface area contributed by atoms with Crippen LogP contribution in [0.3, 0.4) is 0 Å². The Balaban J connectivity index is 3.32. The van der Waals surface area contributed by atoms with Crippen LogP contribution in [0, 0.1) is 0 Å². The van der Waals surface area contributed by atoms with Crippen LogP contribution in [0.25, 0.3) is 0 Å². The average molecular weight is 171 g/mol. The van der Waals surface area contributed by atoms with Gasteiger partial charge in [-0.1, -0.05) is 13.0 Å². The summed E-state index contributed by atoms with van der Waals surface area (Å²) >= 11 is 0. The SMILES string of the molecule is C=CCCOC(C)CN(C)CC. The summed E-state index contributed by atoms with van der Waals surface area (Å²) in [6, 6.07) is 0. The van der Waals surface area contributed by atoms with Crippen LogP contribution in [-0.2, 0) is 4.74 Å². The van der Waals surface area contributed by atoms with Gasteiger partial charge in [0.25, 0.3) is 0 Å². The van der Waals surface area contributed by atoms with Gasteiger partial charge in [-0.2, -0.15) is 0 Å². The first-order valence-corrected chi connectivity index (χ1v) is 4.61. The van der Waals surface area contributed by atoms with E-state index in [0.29, 0.717) is 6.10 Å². The lowest BCUT2D eigenvalue weighted by atomic mass is 10.3. The van der Waals surface area contributed by atoms with Gasteiger partial charge in [0.2, 0.25) is 0 Å². The second-order valence-corrected chi connectivity index (χ2v) is 3.11. The molecule has 0 bridgehead atoms. The summed E-state index contributed by atoms with van der Waals surface area (Å²) in [6.07, 6.45) is 3.16. The summed E-state index contributed by atoms with van der Waals surface area (Å²) < 4.78 is 5.54. The molecule has 0 saturated heterocycles. The second kappa shape index (κ2) is 7.32. The lowest BCUT2D eigenvalue weighted by molar-refractivity contribution is 0.0474. The molecule has 72 valence electrons. The van der Waals surface area contributed by atoms with Crippen LogP contribution >= 0.6 is 0 Å². The molecule has 1 unspecified atom stereocenters. The topological polar surface area (TPSA) is 12.5 Å². The van der Waals surface area contributed by atoms with E-state index in [-0.39, 0.29) is 0 Å². The molecule has 0 fully saturated rings. The molecule has 0 aromatic heterocycles. The molecule has 0 aromatic rings. The molecule has 2 heteroatoms. The van der Waals surface area contributed by atoms with Crippen molar-refractivity contribution in [3.63, 3.8) is 0 Å². The highest BCUT2D eigenvalue weighted by Crippen LogP contribution is 1.95. The summed E-state index contributed by atoms with van der Waals surface area (Å²) in [7, 11) is 2.10. The maximum Gasteiger partial charge on any atom is 0.0673 e. The Morgan fingerprint density at radius 1 is 1.58 bits per heavy atom. The van der Waals surface area contributed by atoms with E-state index < -0.39 is 0 Å². The number of hydrogen-bond donors (Lipinski definition) is 0. The lowest BCUT2D eigenvalue weighted by Crippen LogP contribution is -2.29. The number of nitrogens with zero attached hydrogens (tertiary/aromatic N) is 1. The standard InChI is InChI=1S/C10H21NO/c1-5-7-8-12-10(3)9-11(4)6-2/h5,10H,1,6-9H2,2-4H3. The fourth-order valence-corrected chi connectivity index (χ4v) is 0.973. The molecule has 0 aliphatic heterocycles. The van der Waals surface area contributed by atoms with Crippen molar-refractivity contribution in [1.82, 2.24) is 4.90 Å². The summed E-state index contributed by atoms with van der Waals surface area (Å²) in [5.74, 6) is 0. The highest BCUT2D eigenvalue weighted by Gasteiger charge is 2.03. The van der Waals surface area contributed by atoms with Crippen molar-refractivity contribution in [3.05, 3.63) is 12.7 Å². The van der Waals surface area contributed by atoms with Gasteiger partial charge >= 0.3 is 0 Å². The van der Waals surface area contributed by atoms with Crippen LogP contribution in [0.1, 0.15) is 20.3 Å². The summed E-state index contributed by atoms with van der Waals surface area (Å²) in [5, 5.41) is 0. The van der Waals surface area contributed by atoms with Crippen LogP contribution in [-0.4, -0.2) is 37.7 Å². The summed E-state index contributed by atoms with van der Waals surface area (Å²) in [6.45, 7) is 10.8. The van der Waals surface area contributed by atoms with E-state index in [1.165, 1.54) is 0 Å². The van der Waals surface area contributed by atoms with Crippen LogP contribution in [0.15, 0.2) is 12.7 Å². The average Bonchev–Trinajstić information content (AvgIpc) is 2.05. The van der Waals surface area contributed by atoms with Gasteiger partial charge in [0.15, 0.2) is 0 Å². The fourth-order valence-electron chi connectivity index (χ4n) is 0.973. The van der Waals surface area contributed by atoms with Crippen molar-refractivity contribution in [3.8, 4) is 0 Å². The zero-order valence-electron chi connectivity index (χ0n) is 8.55. The van der Waals surface area contributed by atoms with Crippen molar-refractivity contribution >= 4 is 0 Å². The van der Waals surface area contributed by atoms with E-state index >= 15 is 0 Å². The van der Waals surface area contributed by atoms with Gasteiger partial charge in [-0.25, -0.2) is 0 Å². The molecule has 0 N–H and O–H groups in total. The molecule has 2 nitrogen and oxygen atoms in total. The van der Waals surface area contributed by atoms with Crippen molar-refractivity contribution in [2.75, 3.05) is 26.7 Å². The molecule has 0 rings (SSSR count). The molecule has 12 heavy (non-hydrogen) atoms. The third-order valence-corrected chi connectivity index (χ3v) is 1.83. The minimum absolute atomic E-state index is 0.329. The van der Waals surface area contributed by atoms with Gasteiger partial charge in [0.05, 0.1) is 12.7 Å². The maximum absolute atomic E-state index is 5.54. The maximum atomic E-state index is 5.54. The van der Waals surface area contributed by atoms with Crippen molar-refractivity contribution in [1.29, 1.82) is 0 Å². The minimum atomic E-state index is 0.329. The van der Waals surface area contributed by atoms with E-state index in [1.54, 1.807) is 0 Å². The Morgan fingerprint density at radius 3 is 2.75 bits per heavy atom. The molecule has 0 aromatic carbocycles. The zero-order chi connectivity index (χ0) is 9.40. The Kier molecular flexibility index (Phi) is 7.11. The van der Waals surface area contributed by atoms with Crippen LogP contribution in [0.5, 0.6) is 0 Å². The van der Waals surface area contributed by atoms with E-state index in [9.17, 15) is 0 Å². The molecule has 1 atom stereocenters. The first-order valence-electron chi connectivity index (χ1n) is 4.61. The smallest absolute Gasteiger partial charge is 0.0673 e. The normalized spacial score (nSPS) is 13.3. The first-order chi connectivity index (χ1) is 5.70. The Morgan fingerprint density at radius 2 is 2.25 bits per heavy atom. The number of rotatable bonds is 7. The van der Waals surface area contributed by atoms with Gasteiger partial charge in [0.1, 0.15) is 0 Å². The van der Waals surface area contributed by atoms with Crippen molar-refractivity contribution < 1.29 is 4.74 Å². The highest BCUT2D eigenvalue weighted by atomic mass is 16.5. The third-order valence-electron chi connectivity index (χ3n) is 1.83. The van der Waals surface area contributed by atoms with Gasteiger partial charge < -0.3 is 9.64 Å². The van der Waals surface area contributed by atoms with E-state index in [2.05, 4.69) is 32.4 Å². The molecular weight excluding hydrogens is 150 g/mol. The van der Waals surface area contributed by atoms with Crippen LogP contribution < -0.4 is 0 Å². The number of likely N-dealkylation sites (N-methyl/N-ethyl adjacent to an activating group) is 1. The third kappa shape index (κ3) is 6.38. The second-order valence-electron chi connectivity index (χ2n) is 3.11. The fraction of sp³-hybridized carbons (Fsp3) is 0.800. The number of ether oxygens (including phenoxy) is 1. The molecule has 0 radical (unpaired) electrons. The van der Waals surface area contributed by atoms with Gasteiger partial charge in [-0.3, -0.25) is 0 Å². The highest BCUT2D eigenvalue weighted by molar-refractivity contribution is 4.65. The molecule has 0 spiro atoms. The quantitative estimate of drug-likeness (QED) is 0.428. The molecule has 0 saturated carbocycles. The summed E-state index contributed by atoms with van der Waals surface area (Å²) in [5.41, 5.74) is 0. The van der Waals surface area contributed by atoms with Crippen molar-refractivity contribution in [2.24, 2.45) is 0 Å². The van der Waals surface area contributed by atoms with Crippen LogP contribution in [0.4, 0.5) is 0 Å². The zero-order valence-corrected chi connectivity index (χ0v) is 8.55. The largest absolute Gasteiger partial charge is 0.377 e. The van der Waals surface area contributed by atoms with Crippen molar-refractivity contribution in [2.45, 2.75) is 26.4 Å². The molecule has 0 heterocycles. The van der Waals surface area contributed by atoms with Gasteiger partial charge in [0, 0.05) is 6.54 Å². The molecule has 0 aliphatic rings. The number of hydrogen-bond acceptors (Lipinski definition) is 2. The van der Waals surface area contributed by atoms with Gasteiger partial charge in [-0.05, 0) is 26.9 Å². The lowest BCUT2D eigenvalue weighted by Gasteiger charge is -2.19. The van der Waals surface area contributed by atoms with E-state index in [1.807, 2.05) is 6.08 Å². The minimum Gasteiger partial charge on any atom is -0.377 e. The Labute approximate surface area is 76.2 Å². The predicted octanol–water partition coefficient (Wildman–Crippen LogP) is 1.92.